The van der Waals surface area contributed by atoms with Crippen molar-refractivity contribution in [2.24, 2.45) is 5.92 Å². The molecule has 0 bridgehead atoms. The molecule has 7 nitrogen and oxygen atoms in total. The van der Waals surface area contributed by atoms with Crippen molar-refractivity contribution in [3.05, 3.63) is 38.9 Å². The number of hydrogen-bond acceptors (Lipinski definition) is 4. The number of carboxylic acids is 1. The van der Waals surface area contributed by atoms with E-state index in [9.17, 15) is 19.7 Å². The van der Waals surface area contributed by atoms with Gasteiger partial charge in [0.05, 0.1) is 15.9 Å². The smallest absolute Gasteiger partial charge is 0.310 e. The second-order valence-electron chi connectivity index (χ2n) is 4.14. The normalized spacial score (nSPS) is 14.9. The van der Waals surface area contributed by atoms with Crippen molar-refractivity contribution < 1.29 is 19.6 Å². The molecule has 1 aromatic rings. The van der Waals surface area contributed by atoms with E-state index in [0.717, 1.165) is 0 Å². The number of hydrogen-bond donors (Lipinski definition) is 1. The van der Waals surface area contributed by atoms with E-state index < -0.39 is 22.7 Å². The lowest BCUT2D eigenvalue weighted by Gasteiger charge is -2.36. The quantitative estimate of drug-likeness (QED) is 0.668. The first kappa shape index (κ1) is 13.3. The average molecular weight is 285 g/mol. The average Bonchev–Trinajstić information content (AvgIpc) is 2.25. The number of nitro benzene ring substituents is 1. The van der Waals surface area contributed by atoms with Crippen LogP contribution in [-0.2, 0) is 4.79 Å². The highest BCUT2D eigenvalue weighted by Crippen LogP contribution is 2.30. The molecular formula is C11H9ClN2O5. The summed E-state index contributed by atoms with van der Waals surface area (Å²) in [6, 6.07) is 3.96. The van der Waals surface area contributed by atoms with Gasteiger partial charge in [-0.05, 0) is 6.07 Å². The van der Waals surface area contributed by atoms with Crippen molar-refractivity contribution in [3.8, 4) is 0 Å². The minimum Gasteiger partial charge on any atom is -0.481 e. The van der Waals surface area contributed by atoms with Gasteiger partial charge < -0.3 is 10.0 Å². The van der Waals surface area contributed by atoms with Gasteiger partial charge in [0, 0.05) is 19.2 Å². The largest absolute Gasteiger partial charge is 0.481 e. The number of aliphatic carboxylic acids is 1. The van der Waals surface area contributed by atoms with Crippen LogP contribution in [-0.4, -0.2) is 39.9 Å². The van der Waals surface area contributed by atoms with E-state index in [0.29, 0.717) is 0 Å². The molecule has 1 aliphatic rings. The van der Waals surface area contributed by atoms with Gasteiger partial charge in [-0.25, -0.2) is 0 Å². The Hall–Kier alpha value is -2.15. The van der Waals surface area contributed by atoms with Crippen LogP contribution >= 0.6 is 11.6 Å². The zero-order valence-electron chi connectivity index (χ0n) is 9.58. The van der Waals surface area contributed by atoms with E-state index >= 15 is 0 Å². The third-order valence-corrected chi connectivity index (χ3v) is 3.24. The molecule has 0 saturated carbocycles. The van der Waals surface area contributed by atoms with Gasteiger partial charge in [0.15, 0.2) is 0 Å². The summed E-state index contributed by atoms with van der Waals surface area (Å²) in [6.45, 7) is 0.0765. The Labute approximate surface area is 112 Å². The number of amides is 1. The van der Waals surface area contributed by atoms with Gasteiger partial charge in [-0.1, -0.05) is 17.7 Å². The van der Waals surface area contributed by atoms with Gasteiger partial charge in [0.2, 0.25) is 0 Å². The maximum Gasteiger partial charge on any atom is 0.310 e. The Kier molecular flexibility index (Phi) is 3.39. The van der Waals surface area contributed by atoms with Gasteiger partial charge in [0.1, 0.15) is 5.56 Å². The third-order valence-electron chi connectivity index (χ3n) is 2.92. The second kappa shape index (κ2) is 4.85. The highest BCUT2D eigenvalue weighted by atomic mass is 35.5. The summed E-state index contributed by atoms with van der Waals surface area (Å²) in [7, 11) is 0. The fourth-order valence-corrected chi connectivity index (χ4v) is 2.09. The summed E-state index contributed by atoms with van der Waals surface area (Å²) < 4.78 is 0. The summed E-state index contributed by atoms with van der Waals surface area (Å²) in [4.78, 5) is 34.1. The number of nitrogens with zero attached hydrogens (tertiary/aromatic N) is 2. The number of carbonyl (C=O) groups excluding carboxylic acids is 1. The van der Waals surface area contributed by atoms with Crippen molar-refractivity contribution in [2.75, 3.05) is 13.1 Å². The molecule has 1 heterocycles. The number of halogens is 1. The first-order valence-corrected chi connectivity index (χ1v) is 5.74. The van der Waals surface area contributed by atoms with E-state index in [1.807, 2.05) is 0 Å². The lowest BCUT2D eigenvalue weighted by molar-refractivity contribution is -0.385. The highest BCUT2D eigenvalue weighted by molar-refractivity contribution is 6.34. The van der Waals surface area contributed by atoms with Gasteiger partial charge >= 0.3 is 5.97 Å². The maximum absolute atomic E-state index is 12.1. The predicted molar refractivity (Wildman–Crippen MR) is 65.1 cm³/mol. The SMILES string of the molecule is O=C(O)C1CN(C(=O)c2c(Cl)cccc2[N+](=O)[O-])C1. The topological polar surface area (TPSA) is 101 Å². The molecule has 0 atom stereocenters. The number of rotatable bonds is 3. The highest BCUT2D eigenvalue weighted by Gasteiger charge is 2.38. The zero-order chi connectivity index (χ0) is 14.2. The van der Waals surface area contributed by atoms with E-state index in [1.54, 1.807) is 0 Å². The fraction of sp³-hybridized carbons (Fsp3) is 0.273. The summed E-state index contributed by atoms with van der Waals surface area (Å²) >= 11 is 5.82. The Bertz CT molecular complexity index is 568. The van der Waals surface area contributed by atoms with Crippen molar-refractivity contribution in [2.45, 2.75) is 0 Å². The Balaban J connectivity index is 2.26. The van der Waals surface area contributed by atoms with Crippen molar-refractivity contribution in [1.29, 1.82) is 0 Å². The number of benzene rings is 1. The minimum atomic E-state index is -0.988. The van der Waals surface area contributed by atoms with Crippen molar-refractivity contribution >= 4 is 29.2 Å². The molecule has 0 unspecified atom stereocenters. The summed E-state index contributed by atoms with van der Waals surface area (Å²) in [5, 5.41) is 19.6. The molecule has 1 saturated heterocycles. The van der Waals surface area contributed by atoms with E-state index in [2.05, 4.69) is 0 Å². The van der Waals surface area contributed by atoms with Crippen molar-refractivity contribution in [3.63, 3.8) is 0 Å². The van der Waals surface area contributed by atoms with Gasteiger partial charge in [-0.2, -0.15) is 0 Å². The standard InChI is InChI=1S/C11H9ClN2O5/c12-7-2-1-3-8(14(18)19)9(7)10(15)13-4-6(5-13)11(16)17/h1-3,6H,4-5H2,(H,16,17). The van der Waals surface area contributed by atoms with E-state index in [4.69, 9.17) is 16.7 Å². The molecule has 100 valence electrons. The molecule has 2 rings (SSSR count). The Morgan fingerprint density at radius 1 is 1.42 bits per heavy atom. The molecular weight excluding hydrogens is 276 g/mol. The number of carbonyl (C=O) groups is 2. The maximum atomic E-state index is 12.1. The molecule has 19 heavy (non-hydrogen) atoms. The molecule has 1 amide bonds. The molecule has 1 N–H and O–H groups in total. The molecule has 1 fully saturated rings. The van der Waals surface area contributed by atoms with Crippen LogP contribution in [0.5, 0.6) is 0 Å². The minimum absolute atomic E-state index is 0.0158. The molecule has 1 aliphatic heterocycles. The van der Waals surface area contributed by atoms with Crippen LogP contribution < -0.4 is 0 Å². The van der Waals surface area contributed by atoms with Crippen LogP contribution in [0.2, 0.25) is 5.02 Å². The number of likely N-dealkylation sites (tertiary alicyclic amines) is 1. The predicted octanol–water partition coefficient (Wildman–Crippen LogP) is 1.40. The summed E-state index contributed by atoms with van der Waals surface area (Å²) in [6.07, 6.45) is 0. The van der Waals surface area contributed by atoms with Crippen molar-refractivity contribution in [1.82, 2.24) is 4.90 Å². The first-order valence-electron chi connectivity index (χ1n) is 5.36. The Morgan fingerprint density at radius 3 is 2.58 bits per heavy atom. The van der Waals surface area contributed by atoms with Crippen LogP contribution in [0.25, 0.3) is 0 Å². The lowest BCUT2D eigenvalue weighted by atomic mass is 9.99. The Morgan fingerprint density at radius 2 is 2.05 bits per heavy atom. The summed E-state index contributed by atoms with van der Waals surface area (Å²) in [5.41, 5.74) is -0.575. The summed E-state index contributed by atoms with van der Waals surface area (Å²) in [5.74, 6) is -2.22. The second-order valence-corrected chi connectivity index (χ2v) is 4.54. The molecule has 8 heteroatoms. The van der Waals surface area contributed by atoms with Gasteiger partial charge in [0.25, 0.3) is 11.6 Å². The van der Waals surface area contributed by atoms with Gasteiger partial charge in [-0.15, -0.1) is 0 Å². The molecule has 0 radical (unpaired) electrons. The first-order chi connectivity index (χ1) is 8.91. The third kappa shape index (κ3) is 2.37. The number of carboxylic acid groups (broad SMARTS) is 1. The van der Waals surface area contributed by atoms with E-state index in [1.165, 1.54) is 23.1 Å². The number of nitro groups is 1. The fourth-order valence-electron chi connectivity index (χ4n) is 1.84. The van der Waals surface area contributed by atoms with Gasteiger partial charge in [-0.3, -0.25) is 19.7 Å². The van der Waals surface area contributed by atoms with Crippen LogP contribution in [0.3, 0.4) is 0 Å². The van der Waals surface area contributed by atoms with Crippen LogP contribution in [0, 0.1) is 16.0 Å². The van der Waals surface area contributed by atoms with Crippen LogP contribution in [0.1, 0.15) is 10.4 Å². The van der Waals surface area contributed by atoms with Crippen LogP contribution in [0.4, 0.5) is 5.69 Å². The molecule has 0 aromatic heterocycles. The monoisotopic (exact) mass is 284 g/mol. The molecule has 0 spiro atoms. The van der Waals surface area contributed by atoms with Crippen LogP contribution in [0.15, 0.2) is 18.2 Å². The zero-order valence-corrected chi connectivity index (χ0v) is 10.3. The van der Waals surface area contributed by atoms with E-state index in [-0.39, 0.29) is 29.4 Å². The molecule has 1 aromatic carbocycles. The lowest BCUT2D eigenvalue weighted by Crippen LogP contribution is -2.53. The molecule has 0 aliphatic carbocycles.